The molecule has 1 aliphatic heterocycles. The van der Waals surface area contributed by atoms with Crippen molar-refractivity contribution in [2.45, 2.75) is 12.5 Å². The fourth-order valence-electron chi connectivity index (χ4n) is 3.74. The average Bonchev–Trinajstić information content (AvgIpc) is 2.76. The second-order valence-corrected chi connectivity index (χ2v) is 7.54. The lowest BCUT2D eigenvalue weighted by atomic mass is 9.96. The van der Waals surface area contributed by atoms with Crippen LogP contribution in [0.25, 0.3) is 0 Å². The molecule has 1 aliphatic rings. The van der Waals surface area contributed by atoms with Gasteiger partial charge in [0.2, 0.25) is 5.91 Å². The predicted molar refractivity (Wildman–Crippen MR) is 111 cm³/mol. The van der Waals surface area contributed by atoms with Crippen molar-refractivity contribution < 1.29 is 13.6 Å². The van der Waals surface area contributed by atoms with E-state index in [4.69, 9.17) is 5.26 Å². The molecule has 1 fully saturated rings. The molecular formula is C23H26F2N4O. The molecule has 0 radical (unpaired) electrons. The zero-order chi connectivity index (χ0) is 21.5. The van der Waals surface area contributed by atoms with Crippen LogP contribution >= 0.6 is 0 Å². The van der Waals surface area contributed by atoms with Crippen LogP contribution < -0.4 is 0 Å². The molecule has 0 N–H and O–H groups in total. The minimum absolute atomic E-state index is 0.00678. The highest BCUT2D eigenvalue weighted by Gasteiger charge is 2.27. The van der Waals surface area contributed by atoms with E-state index < -0.39 is 0 Å². The van der Waals surface area contributed by atoms with Gasteiger partial charge in [-0.05, 0) is 35.4 Å². The number of halogens is 2. The second-order valence-electron chi connectivity index (χ2n) is 7.54. The predicted octanol–water partition coefficient (Wildman–Crippen LogP) is 3.04. The molecule has 0 aromatic heterocycles. The number of likely N-dealkylation sites (N-methyl/N-ethyl adjacent to an activating group) is 1. The lowest BCUT2D eigenvalue weighted by Gasteiger charge is -2.40. The number of amides is 1. The van der Waals surface area contributed by atoms with Gasteiger partial charge >= 0.3 is 0 Å². The second kappa shape index (κ2) is 10.3. The first-order chi connectivity index (χ1) is 14.5. The zero-order valence-corrected chi connectivity index (χ0v) is 17.1. The molecule has 158 valence electrons. The smallest absolute Gasteiger partial charge is 0.236 e. The summed E-state index contributed by atoms with van der Waals surface area (Å²) >= 11 is 0. The zero-order valence-electron chi connectivity index (χ0n) is 17.1. The molecule has 2 aromatic rings. The molecule has 0 bridgehead atoms. The van der Waals surface area contributed by atoms with Crippen molar-refractivity contribution in [1.82, 2.24) is 14.7 Å². The van der Waals surface area contributed by atoms with E-state index in [1.54, 1.807) is 36.2 Å². The van der Waals surface area contributed by atoms with Gasteiger partial charge in [0, 0.05) is 39.8 Å². The standard InChI is InChI=1S/C23H26F2N4O/c1-27(12-2-11-26)22(30)17-28-13-15-29(16-14-28)23(18-3-7-20(24)8-4-18)19-5-9-21(25)10-6-19/h3-10,23H,2,12-17H2,1H3. The Morgan fingerprint density at radius 3 is 1.97 bits per heavy atom. The van der Waals surface area contributed by atoms with Crippen LogP contribution in [0.15, 0.2) is 48.5 Å². The lowest BCUT2D eigenvalue weighted by molar-refractivity contribution is -0.131. The first-order valence-corrected chi connectivity index (χ1v) is 10.1. The summed E-state index contributed by atoms with van der Waals surface area (Å²) in [4.78, 5) is 18.3. The Kier molecular flexibility index (Phi) is 7.50. The van der Waals surface area contributed by atoms with Gasteiger partial charge in [0.1, 0.15) is 11.6 Å². The Balaban J connectivity index is 1.68. The lowest BCUT2D eigenvalue weighted by Crippen LogP contribution is -2.50. The minimum atomic E-state index is -0.291. The SMILES string of the molecule is CN(CCC#N)C(=O)CN1CCN(C(c2ccc(F)cc2)c2ccc(F)cc2)CC1. The van der Waals surface area contributed by atoms with Crippen molar-refractivity contribution in [3.8, 4) is 6.07 Å². The van der Waals surface area contributed by atoms with Crippen LogP contribution in [0.5, 0.6) is 0 Å². The quantitative estimate of drug-likeness (QED) is 0.702. The highest BCUT2D eigenvalue weighted by Crippen LogP contribution is 2.30. The highest BCUT2D eigenvalue weighted by atomic mass is 19.1. The minimum Gasteiger partial charge on any atom is -0.344 e. The van der Waals surface area contributed by atoms with E-state index >= 15 is 0 Å². The van der Waals surface area contributed by atoms with Crippen molar-refractivity contribution >= 4 is 5.91 Å². The van der Waals surface area contributed by atoms with Crippen molar-refractivity contribution in [3.63, 3.8) is 0 Å². The van der Waals surface area contributed by atoms with E-state index in [0.717, 1.165) is 37.3 Å². The normalized spacial score (nSPS) is 15.2. The fraction of sp³-hybridized carbons (Fsp3) is 0.391. The van der Waals surface area contributed by atoms with Gasteiger partial charge in [-0.3, -0.25) is 14.6 Å². The van der Waals surface area contributed by atoms with Crippen LogP contribution in [0.3, 0.4) is 0 Å². The van der Waals surface area contributed by atoms with Gasteiger partial charge in [-0.15, -0.1) is 0 Å². The summed E-state index contributed by atoms with van der Waals surface area (Å²) in [5.41, 5.74) is 1.90. The highest BCUT2D eigenvalue weighted by molar-refractivity contribution is 5.78. The number of piperazine rings is 1. The molecular weight excluding hydrogens is 386 g/mol. The van der Waals surface area contributed by atoms with E-state index in [-0.39, 0.29) is 23.6 Å². The maximum Gasteiger partial charge on any atom is 0.236 e. The summed E-state index contributed by atoms with van der Waals surface area (Å²) < 4.78 is 26.9. The summed E-state index contributed by atoms with van der Waals surface area (Å²) in [7, 11) is 1.72. The third-order valence-electron chi connectivity index (χ3n) is 5.49. The molecule has 1 amide bonds. The molecule has 3 rings (SSSR count). The number of rotatable bonds is 7. The molecule has 0 spiro atoms. The van der Waals surface area contributed by atoms with Gasteiger partial charge in [0.15, 0.2) is 0 Å². The number of benzene rings is 2. The van der Waals surface area contributed by atoms with Crippen LogP contribution in [0, 0.1) is 23.0 Å². The Bertz CT molecular complexity index is 826. The van der Waals surface area contributed by atoms with E-state index in [2.05, 4.69) is 15.9 Å². The van der Waals surface area contributed by atoms with Gasteiger partial charge in [-0.2, -0.15) is 5.26 Å². The Hall–Kier alpha value is -2.82. The van der Waals surface area contributed by atoms with Crippen LogP contribution in [-0.2, 0) is 4.79 Å². The number of hydrogen-bond donors (Lipinski definition) is 0. The summed E-state index contributed by atoms with van der Waals surface area (Å²) in [6.07, 6.45) is 0.326. The van der Waals surface area contributed by atoms with Crippen molar-refractivity contribution in [3.05, 3.63) is 71.3 Å². The number of carbonyl (C=O) groups is 1. The fourth-order valence-corrected chi connectivity index (χ4v) is 3.74. The molecule has 0 unspecified atom stereocenters. The number of carbonyl (C=O) groups excluding carboxylic acids is 1. The number of nitrogens with zero attached hydrogens (tertiary/aromatic N) is 4. The van der Waals surface area contributed by atoms with Gasteiger partial charge in [0.05, 0.1) is 25.1 Å². The van der Waals surface area contributed by atoms with E-state index in [1.807, 2.05) is 0 Å². The summed E-state index contributed by atoms with van der Waals surface area (Å²) in [6.45, 7) is 3.66. The van der Waals surface area contributed by atoms with Crippen LogP contribution in [-0.4, -0.2) is 66.9 Å². The molecule has 30 heavy (non-hydrogen) atoms. The molecule has 1 heterocycles. The van der Waals surface area contributed by atoms with E-state index in [1.165, 1.54) is 24.3 Å². The molecule has 0 atom stereocenters. The first-order valence-electron chi connectivity index (χ1n) is 10.1. The monoisotopic (exact) mass is 412 g/mol. The largest absolute Gasteiger partial charge is 0.344 e. The number of hydrogen-bond acceptors (Lipinski definition) is 4. The molecule has 5 nitrogen and oxygen atoms in total. The van der Waals surface area contributed by atoms with Gasteiger partial charge < -0.3 is 4.90 Å². The molecule has 7 heteroatoms. The Labute approximate surface area is 176 Å². The molecule has 2 aromatic carbocycles. The maximum absolute atomic E-state index is 13.4. The van der Waals surface area contributed by atoms with Crippen LogP contribution in [0.2, 0.25) is 0 Å². The Morgan fingerprint density at radius 1 is 1.00 bits per heavy atom. The third-order valence-corrected chi connectivity index (χ3v) is 5.49. The summed E-state index contributed by atoms with van der Waals surface area (Å²) in [6, 6.07) is 14.8. The molecule has 0 saturated carbocycles. The summed E-state index contributed by atoms with van der Waals surface area (Å²) in [5, 5.41) is 8.67. The number of nitriles is 1. The van der Waals surface area contributed by atoms with Crippen LogP contribution in [0.4, 0.5) is 8.78 Å². The molecule has 1 saturated heterocycles. The molecule has 0 aliphatic carbocycles. The topological polar surface area (TPSA) is 50.6 Å². The van der Waals surface area contributed by atoms with Gasteiger partial charge in [-0.1, -0.05) is 24.3 Å². The van der Waals surface area contributed by atoms with Gasteiger partial charge in [0.25, 0.3) is 0 Å². The van der Waals surface area contributed by atoms with Gasteiger partial charge in [-0.25, -0.2) is 8.78 Å². The van der Waals surface area contributed by atoms with Crippen molar-refractivity contribution in [2.75, 3.05) is 46.3 Å². The van der Waals surface area contributed by atoms with Crippen molar-refractivity contribution in [1.29, 1.82) is 5.26 Å². The average molecular weight is 412 g/mol. The maximum atomic E-state index is 13.4. The van der Waals surface area contributed by atoms with Crippen molar-refractivity contribution in [2.24, 2.45) is 0 Å². The summed E-state index contributed by atoms with van der Waals surface area (Å²) in [5.74, 6) is -0.576. The third kappa shape index (κ3) is 5.62. The van der Waals surface area contributed by atoms with Crippen LogP contribution in [0.1, 0.15) is 23.6 Å². The first kappa shape index (κ1) is 21.9. The Morgan fingerprint density at radius 2 is 1.50 bits per heavy atom. The van der Waals surface area contributed by atoms with E-state index in [0.29, 0.717) is 19.5 Å². The van der Waals surface area contributed by atoms with E-state index in [9.17, 15) is 13.6 Å².